The number of carbonyl (C=O) groups excluding carboxylic acids is 1. The molecule has 0 saturated heterocycles. The fraction of sp³-hybridized carbons (Fsp3) is 0.533. The Bertz CT molecular complexity index is 500. The monoisotopic (exact) mass is 312 g/mol. The first-order valence-corrected chi connectivity index (χ1v) is 7.62. The zero-order chi connectivity index (χ0) is 15.8. The van der Waals surface area contributed by atoms with Crippen molar-refractivity contribution in [3.63, 3.8) is 0 Å². The van der Waals surface area contributed by atoms with Gasteiger partial charge in [-0.25, -0.2) is 0 Å². The molecule has 0 aliphatic rings. The quantitative estimate of drug-likeness (QED) is 0.452. The average Bonchev–Trinajstić information content (AvgIpc) is 2.44. The van der Waals surface area contributed by atoms with E-state index >= 15 is 0 Å². The Labute approximate surface area is 129 Å². The first-order chi connectivity index (χ1) is 10.0. The summed E-state index contributed by atoms with van der Waals surface area (Å²) in [5.41, 5.74) is 0.589. The number of nitrogens with one attached hydrogen (secondary N) is 1. The Morgan fingerprint density at radius 2 is 2.14 bits per heavy atom. The van der Waals surface area contributed by atoms with Crippen LogP contribution in [-0.2, 0) is 0 Å². The van der Waals surface area contributed by atoms with Crippen LogP contribution in [0.15, 0.2) is 18.2 Å². The molecular weight excluding hydrogens is 292 g/mol. The molecule has 0 spiro atoms. The SMILES string of the molecule is CCCC(CCCl)CNC(=O)c1c(C)cccc1[N+](=O)[O-]. The number of nitro benzene ring substituents is 1. The number of amides is 1. The van der Waals surface area contributed by atoms with E-state index in [0.717, 1.165) is 19.3 Å². The van der Waals surface area contributed by atoms with Gasteiger partial charge in [-0.15, -0.1) is 11.6 Å². The lowest BCUT2D eigenvalue weighted by Crippen LogP contribution is -2.30. The van der Waals surface area contributed by atoms with Gasteiger partial charge in [-0.2, -0.15) is 0 Å². The summed E-state index contributed by atoms with van der Waals surface area (Å²) in [5.74, 6) is 0.459. The Kier molecular flexibility index (Phi) is 7.15. The molecule has 0 bridgehead atoms. The van der Waals surface area contributed by atoms with Gasteiger partial charge in [0.2, 0.25) is 0 Å². The van der Waals surface area contributed by atoms with Crippen LogP contribution in [-0.4, -0.2) is 23.3 Å². The van der Waals surface area contributed by atoms with Gasteiger partial charge in [0.15, 0.2) is 0 Å². The van der Waals surface area contributed by atoms with E-state index in [9.17, 15) is 14.9 Å². The molecule has 0 heterocycles. The number of rotatable bonds is 8. The summed E-state index contributed by atoms with van der Waals surface area (Å²) in [6, 6.07) is 4.63. The summed E-state index contributed by atoms with van der Waals surface area (Å²) in [6.45, 7) is 4.27. The largest absolute Gasteiger partial charge is 0.352 e. The van der Waals surface area contributed by atoms with Crippen LogP contribution in [0.1, 0.15) is 42.1 Å². The number of alkyl halides is 1. The molecule has 1 unspecified atom stereocenters. The summed E-state index contributed by atoms with van der Waals surface area (Å²) in [7, 11) is 0. The number of nitro groups is 1. The highest BCUT2D eigenvalue weighted by Crippen LogP contribution is 2.22. The molecule has 21 heavy (non-hydrogen) atoms. The maximum absolute atomic E-state index is 12.3. The molecule has 1 N–H and O–H groups in total. The Balaban J connectivity index is 2.82. The van der Waals surface area contributed by atoms with Crippen molar-refractivity contribution < 1.29 is 9.72 Å². The molecular formula is C15H21ClN2O3. The zero-order valence-electron chi connectivity index (χ0n) is 12.4. The smallest absolute Gasteiger partial charge is 0.282 e. The first-order valence-electron chi connectivity index (χ1n) is 7.09. The third-order valence-corrected chi connectivity index (χ3v) is 3.66. The molecule has 1 aromatic rings. The van der Waals surface area contributed by atoms with Crippen molar-refractivity contribution >= 4 is 23.2 Å². The lowest BCUT2D eigenvalue weighted by atomic mass is 10.00. The second-order valence-corrected chi connectivity index (χ2v) is 5.45. The van der Waals surface area contributed by atoms with Crippen LogP contribution in [0.4, 0.5) is 5.69 Å². The number of halogens is 1. The molecule has 0 aromatic heterocycles. The minimum Gasteiger partial charge on any atom is -0.352 e. The number of nitrogens with zero attached hydrogens (tertiary/aromatic N) is 1. The maximum atomic E-state index is 12.3. The molecule has 1 aromatic carbocycles. The number of hydrogen-bond donors (Lipinski definition) is 1. The van der Waals surface area contributed by atoms with E-state index < -0.39 is 10.8 Å². The Hall–Kier alpha value is -1.62. The second kappa shape index (κ2) is 8.62. The molecule has 0 aliphatic carbocycles. The van der Waals surface area contributed by atoms with Gasteiger partial charge >= 0.3 is 0 Å². The van der Waals surface area contributed by atoms with Gasteiger partial charge in [0.25, 0.3) is 11.6 Å². The van der Waals surface area contributed by atoms with E-state index in [1.807, 2.05) is 0 Å². The molecule has 0 aliphatic heterocycles. The Morgan fingerprint density at radius 3 is 2.71 bits per heavy atom. The van der Waals surface area contributed by atoms with Gasteiger partial charge < -0.3 is 5.32 Å². The summed E-state index contributed by atoms with van der Waals surface area (Å²) >= 11 is 5.75. The van der Waals surface area contributed by atoms with Gasteiger partial charge in [-0.05, 0) is 31.2 Å². The molecule has 116 valence electrons. The third kappa shape index (κ3) is 5.01. The molecule has 1 atom stereocenters. The van der Waals surface area contributed by atoms with E-state index in [1.54, 1.807) is 19.1 Å². The highest BCUT2D eigenvalue weighted by atomic mass is 35.5. The van der Waals surface area contributed by atoms with Crippen LogP contribution < -0.4 is 5.32 Å². The number of aryl methyl sites for hydroxylation is 1. The van der Waals surface area contributed by atoms with Gasteiger partial charge in [-0.3, -0.25) is 14.9 Å². The maximum Gasteiger partial charge on any atom is 0.282 e. The van der Waals surface area contributed by atoms with Crippen molar-refractivity contribution in [2.75, 3.05) is 12.4 Å². The van der Waals surface area contributed by atoms with E-state index in [1.165, 1.54) is 6.07 Å². The zero-order valence-corrected chi connectivity index (χ0v) is 13.2. The first kappa shape index (κ1) is 17.4. The Morgan fingerprint density at radius 1 is 1.43 bits per heavy atom. The van der Waals surface area contributed by atoms with Gasteiger partial charge in [-0.1, -0.05) is 25.5 Å². The minimum absolute atomic E-state index is 0.142. The van der Waals surface area contributed by atoms with Crippen molar-refractivity contribution in [3.8, 4) is 0 Å². The standard InChI is InChI=1S/C15H21ClN2O3/c1-3-5-12(8-9-16)10-17-15(19)14-11(2)6-4-7-13(14)18(20)21/h4,6-7,12H,3,5,8-10H2,1-2H3,(H,17,19). The second-order valence-electron chi connectivity index (χ2n) is 5.07. The van der Waals surface area contributed by atoms with E-state index in [-0.39, 0.29) is 11.3 Å². The molecule has 0 radical (unpaired) electrons. The van der Waals surface area contributed by atoms with Crippen molar-refractivity contribution in [2.45, 2.75) is 33.1 Å². The van der Waals surface area contributed by atoms with Gasteiger partial charge in [0, 0.05) is 18.5 Å². The lowest BCUT2D eigenvalue weighted by molar-refractivity contribution is -0.385. The number of benzene rings is 1. The normalized spacial score (nSPS) is 12.0. The van der Waals surface area contributed by atoms with Gasteiger partial charge in [0.1, 0.15) is 5.56 Å². The van der Waals surface area contributed by atoms with Crippen LogP contribution in [0.3, 0.4) is 0 Å². The van der Waals surface area contributed by atoms with Crippen LogP contribution in [0.2, 0.25) is 0 Å². The van der Waals surface area contributed by atoms with E-state index in [4.69, 9.17) is 11.6 Å². The van der Waals surface area contributed by atoms with Gasteiger partial charge in [0.05, 0.1) is 4.92 Å². The topological polar surface area (TPSA) is 72.2 Å². The fourth-order valence-electron chi connectivity index (χ4n) is 2.34. The predicted molar refractivity (Wildman–Crippen MR) is 83.9 cm³/mol. The molecule has 0 fully saturated rings. The average molecular weight is 313 g/mol. The summed E-state index contributed by atoms with van der Waals surface area (Å²) in [5, 5.41) is 13.8. The molecule has 1 amide bonds. The van der Waals surface area contributed by atoms with Crippen LogP contribution in [0.5, 0.6) is 0 Å². The van der Waals surface area contributed by atoms with Crippen LogP contribution in [0, 0.1) is 23.0 Å². The van der Waals surface area contributed by atoms with Crippen molar-refractivity contribution in [1.82, 2.24) is 5.32 Å². The molecule has 5 nitrogen and oxygen atoms in total. The fourth-order valence-corrected chi connectivity index (χ4v) is 2.64. The predicted octanol–water partition coefficient (Wildman–Crippen LogP) is 3.68. The summed E-state index contributed by atoms with van der Waals surface area (Å²) in [4.78, 5) is 22.8. The molecule has 0 saturated carbocycles. The van der Waals surface area contributed by atoms with Crippen molar-refractivity contribution in [1.29, 1.82) is 0 Å². The van der Waals surface area contributed by atoms with Crippen LogP contribution in [0.25, 0.3) is 0 Å². The molecule has 1 rings (SSSR count). The molecule has 6 heteroatoms. The number of carbonyl (C=O) groups is 1. The highest BCUT2D eigenvalue weighted by molar-refractivity contribution is 6.17. The summed E-state index contributed by atoms with van der Waals surface area (Å²) < 4.78 is 0. The van der Waals surface area contributed by atoms with Crippen molar-refractivity contribution in [3.05, 3.63) is 39.4 Å². The number of hydrogen-bond acceptors (Lipinski definition) is 3. The third-order valence-electron chi connectivity index (χ3n) is 3.44. The van der Waals surface area contributed by atoms with Crippen molar-refractivity contribution in [2.24, 2.45) is 5.92 Å². The van der Waals surface area contributed by atoms with Crippen LogP contribution >= 0.6 is 11.6 Å². The highest BCUT2D eigenvalue weighted by Gasteiger charge is 2.22. The summed E-state index contributed by atoms with van der Waals surface area (Å²) in [6.07, 6.45) is 2.82. The lowest BCUT2D eigenvalue weighted by Gasteiger charge is -2.16. The minimum atomic E-state index is -0.524. The van der Waals surface area contributed by atoms with E-state index in [2.05, 4.69) is 12.2 Å². The van der Waals surface area contributed by atoms with E-state index in [0.29, 0.717) is 23.9 Å².